The minimum absolute atomic E-state index is 0. The standard InChI is InChI=1S/C21H13.C21H26.C5H5.2ClH.Zr/c1-2-8-15-14(7-1)13-20-18-11-4-3-9-16(18)17-10-5-6-12-19(17)21(15)20;1-20(2,3)18-11-7-16(8-12-18)15-17-9-13-19(14-10-17)21(4,5)6;1-2-4-5-3-1;;;/h1-13H;7-14H,1-6H3;1-3H,4H2;2*1H;/q-1;;-1;;;+2. The third kappa shape index (κ3) is 8.69. The maximum atomic E-state index is 2.99. The number of benzene rings is 6. The van der Waals surface area contributed by atoms with Gasteiger partial charge in [-0.15, -0.1) is 64.9 Å². The Balaban J connectivity index is 0.000000190. The number of hydrogen-bond donors (Lipinski definition) is 0. The Morgan fingerprint density at radius 2 is 1.00 bits per heavy atom. The van der Waals surface area contributed by atoms with Crippen LogP contribution in [0, 0.1) is 6.08 Å². The van der Waals surface area contributed by atoms with Crippen molar-refractivity contribution in [3.05, 3.63) is 174 Å². The molecule has 0 fully saturated rings. The monoisotopic (exact) mass is 770 g/mol. The number of hydrogen-bond acceptors (Lipinski definition) is 0. The van der Waals surface area contributed by atoms with Crippen molar-refractivity contribution < 1.29 is 24.2 Å². The molecule has 0 saturated carbocycles. The van der Waals surface area contributed by atoms with Crippen LogP contribution in [0.2, 0.25) is 0 Å². The van der Waals surface area contributed by atoms with Gasteiger partial charge in [-0.2, -0.15) is 6.08 Å². The van der Waals surface area contributed by atoms with Crippen molar-refractivity contribution in [2.24, 2.45) is 0 Å². The van der Waals surface area contributed by atoms with Gasteiger partial charge in [0.2, 0.25) is 0 Å². The fourth-order valence-electron chi connectivity index (χ4n) is 6.40. The van der Waals surface area contributed by atoms with E-state index in [1.807, 2.05) is 12.2 Å². The SMILES string of the molecule is CC(C)(C)c1ccc([C](=[Zr+2])c2ccc(C(C)(C)C)cc2)cc1.Cl.Cl.[C-]1=CC=CC1.c1ccc2c(c1)[cH-]c1c3ccccc3c3ccccc3c21. The molecule has 7 aromatic rings. The Kier molecular flexibility index (Phi) is 13.1. The average Bonchev–Trinajstić information content (AvgIpc) is 3.81. The van der Waals surface area contributed by atoms with Crippen molar-refractivity contribution in [2.45, 2.75) is 58.8 Å². The molecule has 252 valence electrons. The van der Waals surface area contributed by atoms with Crippen LogP contribution in [-0.2, 0) is 35.1 Å². The Morgan fingerprint density at radius 1 is 0.560 bits per heavy atom. The maximum absolute atomic E-state index is 2.99. The van der Waals surface area contributed by atoms with Gasteiger partial charge in [0.05, 0.1) is 0 Å². The molecular weight excluding hydrogens is 727 g/mol. The summed E-state index contributed by atoms with van der Waals surface area (Å²) in [6, 6.07) is 46.6. The third-order valence-electron chi connectivity index (χ3n) is 9.17. The van der Waals surface area contributed by atoms with Gasteiger partial charge >= 0.3 is 151 Å². The average molecular weight is 773 g/mol. The predicted molar refractivity (Wildman–Crippen MR) is 222 cm³/mol. The molecule has 3 heteroatoms. The van der Waals surface area contributed by atoms with E-state index in [1.165, 1.54) is 92.8 Å². The molecule has 0 aliphatic heterocycles. The molecule has 0 N–H and O–H groups in total. The minimum atomic E-state index is 0. The first-order valence-electron chi connectivity index (χ1n) is 16.9. The van der Waals surface area contributed by atoms with Gasteiger partial charge in [0.15, 0.2) is 0 Å². The van der Waals surface area contributed by atoms with Crippen molar-refractivity contribution in [3.8, 4) is 0 Å². The van der Waals surface area contributed by atoms with Gasteiger partial charge < -0.3 is 0 Å². The van der Waals surface area contributed by atoms with Crippen LogP contribution in [0.3, 0.4) is 0 Å². The zero-order valence-electron chi connectivity index (χ0n) is 29.9. The molecule has 0 spiro atoms. The summed E-state index contributed by atoms with van der Waals surface area (Å²) >= 11 is 1.46. The summed E-state index contributed by atoms with van der Waals surface area (Å²) in [6.07, 6.45) is 10.0. The summed E-state index contributed by atoms with van der Waals surface area (Å²) in [7, 11) is 0. The second-order valence-electron chi connectivity index (χ2n) is 14.6. The fourth-order valence-corrected chi connectivity index (χ4v) is 7.21. The predicted octanol–water partition coefficient (Wildman–Crippen LogP) is 13.6. The van der Waals surface area contributed by atoms with Gasteiger partial charge in [-0.25, -0.2) is 12.2 Å². The molecule has 1 aliphatic rings. The largest absolute Gasteiger partial charge is 0.273 e. The fraction of sp³-hybridized carbons (Fsp3) is 0.191. The minimum Gasteiger partial charge on any atom is -0.273 e. The molecule has 0 aromatic heterocycles. The summed E-state index contributed by atoms with van der Waals surface area (Å²) in [5.74, 6) is 0. The van der Waals surface area contributed by atoms with E-state index in [9.17, 15) is 0 Å². The van der Waals surface area contributed by atoms with Crippen LogP contribution in [-0.4, -0.2) is 3.21 Å². The van der Waals surface area contributed by atoms with Crippen LogP contribution >= 0.6 is 24.8 Å². The zero-order valence-corrected chi connectivity index (χ0v) is 34.0. The van der Waals surface area contributed by atoms with E-state index in [1.54, 1.807) is 0 Å². The Bertz CT molecular complexity index is 2200. The zero-order chi connectivity index (χ0) is 33.9. The van der Waals surface area contributed by atoms with Gasteiger partial charge in [0.25, 0.3) is 0 Å². The number of fused-ring (bicyclic) bond motifs is 8. The Labute approximate surface area is 325 Å². The molecule has 0 amide bonds. The Hall–Kier alpha value is -3.48. The smallest absolute Gasteiger partial charge is 0.0255 e. The first kappa shape index (κ1) is 39.3. The van der Waals surface area contributed by atoms with E-state index < -0.39 is 0 Å². The summed E-state index contributed by atoms with van der Waals surface area (Å²) in [6.45, 7) is 13.6. The van der Waals surface area contributed by atoms with E-state index in [-0.39, 0.29) is 35.6 Å². The van der Waals surface area contributed by atoms with Gasteiger partial charge in [-0.3, -0.25) is 6.08 Å². The van der Waals surface area contributed by atoms with E-state index in [4.69, 9.17) is 0 Å². The first-order valence-corrected chi connectivity index (χ1v) is 18.1. The van der Waals surface area contributed by atoms with Crippen LogP contribution in [0.5, 0.6) is 0 Å². The summed E-state index contributed by atoms with van der Waals surface area (Å²) < 4.78 is 1.42. The summed E-state index contributed by atoms with van der Waals surface area (Å²) in [5.41, 5.74) is 5.90. The molecule has 50 heavy (non-hydrogen) atoms. The number of halogens is 2. The second-order valence-corrected chi connectivity index (χ2v) is 15.9. The van der Waals surface area contributed by atoms with Crippen molar-refractivity contribution in [1.29, 1.82) is 0 Å². The van der Waals surface area contributed by atoms with Crippen molar-refractivity contribution in [2.75, 3.05) is 0 Å². The first-order chi connectivity index (χ1) is 23.0. The van der Waals surface area contributed by atoms with Gasteiger partial charge in [0, 0.05) is 0 Å². The molecule has 0 bridgehead atoms. The molecule has 0 nitrogen and oxygen atoms in total. The molecule has 0 unspecified atom stereocenters. The molecule has 8 rings (SSSR count). The second kappa shape index (κ2) is 16.7. The maximum Gasteiger partial charge on any atom is -0.0255 e. The van der Waals surface area contributed by atoms with E-state index in [2.05, 4.69) is 181 Å². The molecule has 0 heterocycles. The molecule has 7 aromatic carbocycles. The topological polar surface area (TPSA) is 0 Å². The van der Waals surface area contributed by atoms with E-state index >= 15 is 0 Å². The summed E-state index contributed by atoms with van der Waals surface area (Å²) in [5, 5.41) is 10.8. The molecule has 0 saturated heterocycles. The van der Waals surface area contributed by atoms with Crippen LogP contribution < -0.4 is 0 Å². The third-order valence-corrected chi connectivity index (χ3v) is 10.6. The van der Waals surface area contributed by atoms with E-state index in [0.29, 0.717) is 0 Å². The van der Waals surface area contributed by atoms with Crippen LogP contribution in [0.1, 0.15) is 70.2 Å². The number of allylic oxidation sites excluding steroid dienone is 4. The van der Waals surface area contributed by atoms with Crippen molar-refractivity contribution >= 4 is 71.1 Å². The van der Waals surface area contributed by atoms with Crippen molar-refractivity contribution in [1.82, 2.24) is 0 Å². The summed E-state index contributed by atoms with van der Waals surface area (Å²) in [4.78, 5) is 0. The van der Waals surface area contributed by atoms with Crippen LogP contribution in [0.15, 0.2) is 146 Å². The van der Waals surface area contributed by atoms with Gasteiger partial charge in [-0.1, -0.05) is 77.5 Å². The molecule has 1 aliphatic carbocycles. The Morgan fingerprint density at radius 3 is 1.44 bits per heavy atom. The number of rotatable bonds is 2. The quantitative estimate of drug-likeness (QED) is 0.121. The van der Waals surface area contributed by atoms with Crippen molar-refractivity contribution in [3.63, 3.8) is 0 Å². The van der Waals surface area contributed by atoms with Crippen LogP contribution in [0.25, 0.3) is 43.1 Å². The normalized spacial score (nSPS) is 12.2. The molecular formula is C47H46Cl2Zr. The molecule has 0 radical (unpaired) electrons. The molecule has 0 atom stereocenters. The van der Waals surface area contributed by atoms with Gasteiger partial charge in [0.1, 0.15) is 0 Å². The van der Waals surface area contributed by atoms with Crippen LogP contribution in [0.4, 0.5) is 0 Å². The van der Waals surface area contributed by atoms with Gasteiger partial charge in [-0.05, 0) is 10.8 Å². The van der Waals surface area contributed by atoms with E-state index in [0.717, 1.165) is 6.42 Å².